The number of carbonyl (C=O) groups excluding carboxylic acids is 2. The SMILES string of the molecule is CC(C)[C@H]1C(=O)N[C@H](c2ccccc2)C/C=C\C[C@@H](C)Oc2ccccc2C(=O)N1C. The van der Waals surface area contributed by atoms with Crippen LogP contribution in [0.2, 0.25) is 0 Å². The maximum Gasteiger partial charge on any atom is 0.258 e. The molecule has 3 rings (SSSR count). The molecule has 164 valence electrons. The van der Waals surface area contributed by atoms with Gasteiger partial charge < -0.3 is 15.0 Å². The fraction of sp³-hybridized carbons (Fsp3) is 0.385. The van der Waals surface area contributed by atoms with Crippen LogP contribution in [0.3, 0.4) is 0 Å². The first-order valence-electron chi connectivity index (χ1n) is 10.9. The maximum absolute atomic E-state index is 13.4. The van der Waals surface area contributed by atoms with Crippen molar-refractivity contribution in [3.05, 3.63) is 77.9 Å². The molecule has 1 heterocycles. The van der Waals surface area contributed by atoms with Crippen LogP contribution in [0.15, 0.2) is 66.7 Å². The van der Waals surface area contributed by atoms with Gasteiger partial charge in [-0.2, -0.15) is 0 Å². The van der Waals surface area contributed by atoms with E-state index in [0.717, 1.165) is 5.56 Å². The molecule has 2 amide bonds. The molecule has 0 saturated carbocycles. The minimum absolute atomic E-state index is 0.0548. The van der Waals surface area contributed by atoms with Crippen molar-refractivity contribution in [1.29, 1.82) is 0 Å². The van der Waals surface area contributed by atoms with E-state index in [1.54, 1.807) is 13.1 Å². The zero-order chi connectivity index (χ0) is 22.4. The Morgan fingerprint density at radius 3 is 2.32 bits per heavy atom. The summed E-state index contributed by atoms with van der Waals surface area (Å²) in [6.45, 7) is 5.91. The Balaban J connectivity index is 1.99. The van der Waals surface area contributed by atoms with Crippen molar-refractivity contribution in [2.24, 2.45) is 5.92 Å². The van der Waals surface area contributed by atoms with Gasteiger partial charge in [0.05, 0.1) is 17.7 Å². The number of rotatable bonds is 2. The van der Waals surface area contributed by atoms with Crippen molar-refractivity contribution in [3.63, 3.8) is 0 Å². The topological polar surface area (TPSA) is 58.6 Å². The number of amides is 2. The van der Waals surface area contributed by atoms with Gasteiger partial charge in [0.2, 0.25) is 5.91 Å². The van der Waals surface area contributed by atoms with Crippen LogP contribution < -0.4 is 10.1 Å². The Morgan fingerprint density at radius 1 is 0.968 bits per heavy atom. The molecule has 1 aliphatic heterocycles. The number of benzene rings is 2. The quantitative estimate of drug-likeness (QED) is 0.713. The summed E-state index contributed by atoms with van der Waals surface area (Å²) in [6.07, 6.45) is 5.47. The van der Waals surface area contributed by atoms with E-state index in [0.29, 0.717) is 24.2 Å². The van der Waals surface area contributed by atoms with Crippen LogP contribution in [0.1, 0.15) is 55.6 Å². The molecule has 0 bridgehead atoms. The molecule has 3 atom stereocenters. The van der Waals surface area contributed by atoms with E-state index in [9.17, 15) is 9.59 Å². The Kier molecular flexibility index (Phi) is 7.50. The van der Waals surface area contributed by atoms with E-state index in [4.69, 9.17) is 4.74 Å². The van der Waals surface area contributed by atoms with Crippen LogP contribution in [-0.2, 0) is 4.79 Å². The van der Waals surface area contributed by atoms with Gasteiger partial charge in [0.25, 0.3) is 5.91 Å². The van der Waals surface area contributed by atoms with Gasteiger partial charge in [-0.3, -0.25) is 9.59 Å². The lowest BCUT2D eigenvalue weighted by Gasteiger charge is -2.32. The lowest BCUT2D eigenvalue weighted by Crippen LogP contribution is -2.51. The van der Waals surface area contributed by atoms with E-state index < -0.39 is 6.04 Å². The van der Waals surface area contributed by atoms with E-state index in [2.05, 4.69) is 17.5 Å². The molecule has 31 heavy (non-hydrogen) atoms. The van der Waals surface area contributed by atoms with E-state index in [-0.39, 0.29) is 29.9 Å². The Labute approximate surface area is 185 Å². The summed E-state index contributed by atoms with van der Waals surface area (Å²) < 4.78 is 6.09. The third-order valence-electron chi connectivity index (χ3n) is 5.61. The molecule has 5 nitrogen and oxygen atoms in total. The second kappa shape index (κ2) is 10.3. The van der Waals surface area contributed by atoms with Crippen LogP contribution in [0.25, 0.3) is 0 Å². The maximum atomic E-state index is 13.4. The number of para-hydroxylation sites is 1. The second-order valence-electron chi connectivity index (χ2n) is 8.44. The van der Waals surface area contributed by atoms with Crippen molar-refractivity contribution in [1.82, 2.24) is 10.2 Å². The normalized spacial score (nSPS) is 24.0. The van der Waals surface area contributed by atoms with Crippen LogP contribution in [-0.4, -0.2) is 35.9 Å². The predicted octanol–water partition coefficient (Wildman–Crippen LogP) is 4.76. The number of nitrogens with one attached hydrogen (secondary N) is 1. The summed E-state index contributed by atoms with van der Waals surface area (Å²) in [5, 5.41) is 3.19. The smallest absolute Gasteiger partial charge is 0.258 e. The van der Waals surface area contributed by atoms with Gasteiger partial charge in [-0.25, -0.2) is 0 Å². The van der Waals surface area contributed by atoms with Crippen LogP contribution in [0.4, 0.5) is 0 Å². The third kappa shape index (κ3) is 5.54. The zero-order valence-electron chi connectivity index (χ0n) is 18.7. The fourth-order valence-electron chi connectivity index (χ4n) is 3.99. The molecule has 0 aliphatic carbocycles. The van der Waals surface area contributed by atoms with E-state index in [1.165, 1.54) is 4.90 Å². The number of fused-ring (bicyclic) bond motifs is 1. The minimum Gasteiger partial charge on any atom is -0.490 e. The van der Waals surface area contributed by atoms with Gasteiger partial charge in [0.15, 0.2) is 0 Å². The largest absolute Gasteiger partial charge is 0.490 e. The Hall–Kier alpha value is -3.08. The van der Waals surface area contributed by atoms with E-state index in [1.807, 2.05) is 69.3 Å². The van der Waals surface area contributed by atoms with Gasteiger partial charge in [-0.1, -0.05) is 68.5 Å². The molecule has 1 N–H and O–H groups in total. The van der Waals surface area contributed by atoms with Gasteiger partial charge in [-0.15, -0.1) is 0 Å². The molecule has 0 aromatic heterocycles. The highest BCUT2D eigenvalue weighted by Gasteiger charge is 2.33. The second-order valence-corrected chi connectivity index (χ2v) is 8.44. The first-order chi connectivity index (χ1) is 14.9. The summed E-state index contributed by atoms with van der Waals surface area (Å²) in [5.74, 6) is 0.112. The zero-order valence-corrected chi connectivity index (χ0v) is 18.7. The molecule has 1 aliphatic rings. The van der Waals surface area contributed by atoms with Gasteiger partial charge in [-0.05, 0) is 37.0 Å². The highest BCUT2D eigenvalue weighted by molar-refractivity contribution is 5.99. The molecular weight excluding hydrogens is 388 g/mol. The first-order valence-corrected chi connectivity index (χ1v) is 10.9. The van der Waals surface area contributed by atoms with Gasteiger partial charge in [0, 0.05) is 13.5 Å². The molecule has 2 aromatic carbocycles. The van der Waals surface area contributed by atoms with Crippen LogP contribution in [0, 0.1) is 5.92 Å². The summed E-state index contributed by atoms with van der Waals surface area (Å²) in [4.78, 5) is 28.3. The molecule has 0 unspecified atom stereocenters. The summed E-state index contributed by atoms with van der Waals surface area (Å²) in [6, 6.07) is 16.4. The number of hydrogen-bond acceptors (Lipinski definition) is 3. The van der Waals surface area contributed by atoms with Crippen LogP contribution >= 0.6 is 0 Å². The standard InChI is InChI=1S/C26H32N2O3/c1-18(2)24-25(29)27-22(20-13-6-5-7-14-20)16-10-8-12-19(3)31-23-17-11-9-15-21(23)26(30)28(24)4/h5-11,13-15,17-19,22,24H,12,16H2,1-4H3,(H,27,29)/b10-8-/t19-,22+,24+/m1/s1. The van der Waals surface area contributed by atoms with E-state index >= 15 is 0 Å². The number of ether oxygens (including phenoxy) is 1. The predicted molar refractivity (Wildman–Crippen MR) is 123 cm³/mol. The molecule has 5 heteroatoms. The molecule has 2 aromatic rings. The van der Waals surface area contributed by atoms with Crippen molar-refractivity contribution >= 4 is 11.8 Å². The lowest BCUT2D eigenvalue weighted by atomic mass is 9.98. The molecular formula is C26H32N2O3. The van der Waals surface area contributed by atoms with Crippen molar-refractivity contribution < 1.29 is 14.3 Å². The van der Waals surface area contributed by atoms with Crippen molar-refractivity contribution in [2.75, 3.05) is 7.05 Å². The summed E-state index contributed by atoms with van der Waals surface area (Å²) in [7, 11) is 1.69. The fourth-order valence-corrected chi connectivity index (χ4v) is 3.99. The average molecular weight is 421 g/mol. The minimum atomic E-state index is -0.601. The number of nitrogens with zero attached hydrogens (tertiary/aromatic N) is 1. The van der Waals surface area contributed by atoms with Crippen LogP contribution in [0.5, 0.6) is 5.75 Å². The Morgan fingerprint density at radius 2 is 1.61 bits per heavy atom. The molecule has 0 fully saturated rings. The van der Waals surface area contributed by atoms with Crippen molar-refractivity contribution in [3.8, 4) is 5.75 Å². The highest BCUT2D eigenvalue weighted by Crippen LogP contribution is 2.25. The third-order valence-corrected chi connectivity index (χ3v) is 5.61. The molecule has 0 spiro atoms. The average Bonchev–Trinajstić information content (AvgIpc) is 2.75. The molecule has 0 radical (unpaired) electrons. The summed E-state index contributed by atoms with van der Waals surface area (Å²) >= 11 is 0. The number of likely N-dealkylation sites (N-methyl/N-ethyl adjacent to an activating group) is 1. The number of hydrogen-bond donors (Lipinski definition) is 1. The summed E-state index contributed by atoms with van der Waals surface area (Å²) in [5.41, 5.74) is 1.51. The Bertz CT molecular complexity index is 923. The molecule has 0 saturated heterocycles. The monoisotopic (exact) mass is 420 g/mol. The first kappa shape index (κ1) is 22.6. The lowest BCUT2D eigenvalue weighted by molar-refractivity contribution is -0.127. The van der Waals surface area contributed by atoms with Gasteiger partial charge >= 0.3 is 0 Å². The number of carbonyl (C=O) groups is 2. The highest BCUT2D eigenvalue weighted by atomic mass is 16.5. The van der Waals surface area contributed by atoms with Crippen molar-refractivity contribution in [2.45, 2.75) is 51.8 Å². The van der Waals surface area contributed by atoms with Gasteiger partial charge in [0.1, 0.15) is 11.8 Å².